The smallest absolute Gasteiger partial charge is 0.230 e. The van der Waals surface area contributed by atoms with Crippen molar-refractivity contribution in [1.82, 2.24) is 25.5 Å². The molecular formula is C20H23N5OS. The van der Waals surface area contributed by atoms with Crippen LogP contribution in [-0.4, -0.2) is 37.9 Å². The molecular weight excluding hydrogens is 358 g/mol. The maximum Gasteiger partial charge on any atom is 0.230 e. The van der Waals surface area contributed by atoms with Crippen LogP contribution < -0.4 is 5.32 Å². The number of H-pyrrole nitrogens is 1. The predicted molar refractivity (Wildman–Crippen MR) is 106 cm³/mol. The molecule has 2 fully saturated rings. The minimum Gasteiger partial charge on any atom is -0.353 e. The van der Waals surface area contributed by atoms with Gasteiger partial charge in [-0.3, -0.25) is 4.79 Å². The van der Waals surface area contributed by atoms with Gasteiger partial charge in [0.15, 0.2) is 5.65 Å². The normalized spacial score (nSPS) is 25.3. The molecule has 7 heteroatoms. The van der Waals surface area contributed by atoms with Crippen molar-refractivity contribution in [3.05, 3.63) is 24.3 Å². The molecule has 0 unspecified atom stereocenters. The second-order valence-electron chi connectivity index (χ2n) is 7.95. The SMILES string of the molecule is C[C@@H](NC(=O)CSc1nnc2c(n1)[nH]c1ccccc12)[C@@H]1C[C@H]2CC[C@H]1C2. The highest BCUT2D eigenvalue weighted by Gasteiger charge is 2.42. The van der Waals surface area contributed by atoms with Crippen molar-refractivity contribution in [3.63, 3.8) is 0 Å². The Hall–Kier alpha value is -2.15. The zero-order valence-electron chi connectivity index (χ0n) is 15.3. The zero-order chi connectivity index (χ0) is 18.4. The van der Waals surface area contributed by atoms with Crippen molar-refractivity contribution in [2.24, 2.45) is 17.8 Å². The van der Waals surface area contributed by atoms with E-state index in [4.69, 9.17) is 0 Å². The first-order valence-electron chi connectivity index (χ1n) is 9.70. The summed E-state index contributed by atoms with van der Waals surface area (Å²) in [4.78, 5) is 20.2. The molecule has 140 valence electrons. The van der Waals surface area contributed by atoms with E-state index in [9.17, 15) is 4.79 Å². The van der Waals surface area contributed by atoms with Gasteiger partial charge in [-0.2, -0.15) is 0 Å². The number of benzene rings is 1. The van der Waals surface area contributed by atoms with E-state index in [1.165, 1.54) is 37.4 Å². The Bertz CT molecular complexity index is 1000. The third-order valence-corrected chi connectivity index (χ3v) is 7.10. The molecule has 2 aromatic heterocycles. The lowest BCUT2D eigenvalue weighted by Gasteiger charge is -2.28. The number of hydrogen-bond donors (Lipinski definition) is 2. The number of nitrogens with one attached hydrogen (secondary N) is 2. The Morgan fingerprint density at radius 3 is 3.00 bits per heavy atom. The summed E-state index contributed by atoms with van der Waals surface area (Å²) in [6, 6.07) is 8.20. The van der Waals surface area contributed by atoms with Crippen LogP contribution in [0.5, 0.6) is 0 Å². The lowest BCUT2D eigenvalue weighted by atomic mass is 9.84. The van der Waals surface area contributed by atoms with Crippen molar-refractivity contribution < 1.29 is 4.79 Å². The fourth-order valence-electron chi connectivity index (χ4n) is 5.01. The molecule has 2 bridgehead atoms. The topological polar surface area (TPSA) is 83.6 Å². The van der Waals surface area contributed by atoms with Gasteiger partial charge in [0.25, 0.3) is 0 Å². The zero-order valence-corrected chi connectivity index (χ0v) is 16.1. The van der Waals surface area contributed by atoms with E-state index in [2.05, 4.69) is 32.4 Å². The molecule has 0 spiro atoms. The van der Waals surface area contributed by atoms with E-state index >= 15 is 0 Å². The molecule has 2 aliphatic carbocycles. The number of fused-ring (bicyclic) bond motifs is 5. The van der Waals surface area contributed by atoms with E-state index < -0.39 is 0 Å². The number of para-hydroxylation sites is 1. The summed E-state index contributed by atoms with van der Waals surface area (Å²) in [5.41, 5.74) is 2.47. The molecule has 4 atom stereocenters. The van der Waals surface area contributed by atoms with Crippen LogP contribution in [0.25, 0.3) is 22.1 Å². The summed E-state index contributed by atoms with van der Waals surface area (Å²) in [5, 5.41) is 13.2. The summed E-state index contributed by atoms with van der Waals surface area (Å²) in [7, 11) is 0. The Morgan fingerprint density at radius 2 is 2.19 bits per heavy atom. The lowest BCUT2D eigenvalue weighted by Crippen LogP contribution is -2.40. The fraction of sp³-hybridized carbons (Fsp3) is 0.500. The summed E-state index contributed by atoms with van der Waals surface area (Å²) in [6.07, 6.45) is 5.37. The molecule has 5 rings (SSSR count). The van der Waals surface area contributed by atoms with Gasteiger partial charge in [0, 0.05) is 16.9 Å². The van der Waals surface area contributed by atoms with Gasteiger partial charge < -0.3 is 10.3 Å². The summed E-state index contributed by atoms with van der Waals surface area (Å²) in [5.74, 6) is 2.73. The first-order chi connectivity index (χ1) is 13.2. The van der Waals surface area contributed by atoms with E-state index in [1.807, 2.05) is 24.3 Å². The fourth-order valence-corrected chi connectivity index (χ4v) is 5.60. The Morgan fingerprint density at radius 1 is 1.30 bits per heavy atom. The van der Waals surface area contributed by atoms with Gasteiger partial charge in [-0.1, -0.05) is 36.4 Å². The first-order valence-corrected chi connectivity index (χ1v) is 10.7. The number of aromatic nitrogens is 4. The number of rotatable bonds is 5. The Balaban J connectivity index is 1.21. The monoisotopic (exact) mass is 381 g/mol. The number of aromatic amines is 1. The van der Waals surface area contributed by atoms with Crippen molar-refractivity contribution in [2.45, 2.75) is 43.8 Å². The largest absolute Gasteiger partial charge is 0.353 e. The van der Waals surface area contributed by atoms with E-state index in [0.29, 0.717) is 22.5 Å². The molecule has 3 aromatic rings. The van der Waals surface area contributed by atoms with Crippen LogP contribution in [0, 0.1) is 17.8 Å². The molecule has 27 heavy (non-hydrogen) atoms. The van der Waals surface area contributed by atoms with Crippen molar-refractivity contribution >= 4 is 39.7 Å². The van der Waals surface area contributed by atoms with Crippen LogP contribution in [0.3, 0.4) is 0 Å². The average molecular weight is 382 g/mol. The number of hydrogen-bond acceptors (Lipinski definition) is 5. The van der Waals surface area contributed by atoms with Gasteiger partial charge in [0.2, 0.25) is 11.1 Å². The second kappa shape index (κ2) is 6.78. The number of nitrogens with zero attached hydrogens (tertiary/aromatic N) is 3. The number of amides is 1. The third kappa shape index (κ3) is 3.18. The second-order valence-corrected chi connectivity index (χ2v) is 8.89. The van der Waals surface area contributed by atoms with E-state index in [-0.39, 0.29) is 11.9 Å². The van der Waals surface area contributed by atoms with Gasteiger partial charge in [0.1, 0.15) is 5.52 Å². The molecule has 1 amide bonds. The van der Waals surface area contributed by atoms with Crippen LogP contribution in [0.2, 0.25) is 0 Å². The van der Waals surface area contributed by atoms with E-state index in [0.717, 1.165) is 28.3 Å². The molecule has 2 aliphatic rings. The van der Waals surface area contributed by atoms with Crippen LogP contribution in [-0.2, 0) is 4.79 Å². The first kappa shape index (κ1) is 17.0. The molecule has 2 N–H and O–H groups in total. The highest BCUT2D eigenvalue weighted by atomic mass is 32.2. The van der Waals surface area contributed by atoms with Crippen LogP contribution in [0.15, 0.2) is 29.4 Å². The predicted octanol–water partition coefficient (Wildman–Crippen LogP) is 3.54. The lowest BCUT2D eigenvalue weighted by molar-refractivity contribution is -0.119. The standard InChI is InChI=1S/C20H23N5OS/c1-11(15-9-12-6-7-13(15)8-12)21-17(26)10-27-20-23-19-18(24-25-20)14-4-2-3-5-16(14)22-19/h2-5,11-13,15H,6-10H2,1H3,(H,21,26)(H,22,23,25)/t11-,12+,13+,15+/m1/s1. The number of thioether (sulfide) groups is 1. The molecule has 0 aliphatic heterocycles. The highest BCUT2D eigenvalue weighted by Crippen LogP contribution is 2.49. The third-order valence-electron chi connectivity index (χ3n) is 6.26. The number of carbonyl (C=O) groups excluding carboxylic acids is 1. The van der Waals surface area contributed by atoms with Crippen molar-refractivity contribution in [2.75, 3.05) is 5.75 Å². The highest BCUT2D eigenvalue weighted by molar-refractivity contribution is 7.99. The van der Waals surface area contributed by atoms with Crippen LogP contribution in [0.4, 0.5) is 0 Å². The minimum absolute atomic E-state index is 0.0515. The summed E-state index contributed by atoms with van der Waals surface area (Å²) >= 11 is 1.34. The maximum atomic E-state index is 12.4. The molecule has 2 heterocycles. The maximum absolute atomic E-state index is 12.4. The molecule has 6 nitrogen and oxygen atoms in total. The van der Waals surface area contributed by atoms with Gasteiger partial charge in [-0.25, -0.2) is 4.98 Å². The van der Waals surface area contributed by atoms with Crippen molar-refractivity contribution in [3.8, 4) is 0 Å². The average Bonchev–Trinajstić information content (AvgIpc) is 3.39. The Labute approximate surface area is 161 Å². The van der Waals surface area contributed by atoms with Gasteiger partial charge >= 0.3 is 0 Å². The van der Waals surface area contributed by atoms with Crippen LogP contribution in [0.1, 0.15) is 32.6 Å². The number of carbonyl (C=O) groups is 1. The summed E-state index contributed by atoms with van der Waals surface area (Å²) < 4.78 is 0. The molecule has 2 saturated carbocycles. The quantitative estimate of drug-likeness (QED) is 0.661. The Kier molecular flexibility index (Phi) is 4.27. The molecule has 1 aromatic carbocycles. The minimum atomic E-state index is 0.0515. The summed E-state index contributed by atoms with van der Waals surface area (Å²) in [6.45, 7) is 2.16. The van der Waals surface area contributed by atoms with Crippen molar-refractivity contribution in [1.29, 1.82) is 0 Å². The van der Waals surface area contributed by atoms with Gasteiger partial charge in [0.05, 0.1) is 5.75 Å². The van der Waals surface area contributed by atoms with Gasteiger partial charge in [-0.15, -0.1) is 10.2 Å². The van der Waals surface area contributed by atoms with Gasteiger partial charge in [-0.05, 0) is 50.0 Å². The molecule has 0 saturated heterocycles. The molecule has 0 radical (unpaired) electrons. The van der Waals surface area contributed by atoms with Crippen LogP contribution >= 0.6 is 11.8 Å². The van der Waals surface area contributed by atoms with E-state index in [1.54, 1.807) is 0 Å².